The summed E-state index contributed by atoms with van der Waals surface area (Å²) in [7, 11) is 0. The summed E-state index contributed by atoms with van der Waals surface area (Å²) in [5, 5.41) is 12.8. The first-order valence-corrected chi connectivity index (χ1v) is 12.6. The van der Waals surface area contributed by atoms with Crippen LogP contribution >= 0.6 is 11.8 Å². The van der Waals surface area contributed by atoms with Gasteiger partial charge in [0.2, 0.25) is 5.91 Å². The fraction of sp³-hybridized carbons (Fsp3) is 0.259. The SMILES string of the molecule is O=C(CCCCSc1nnc(Cc2ccccc2)n1-c1ccccc1)NCCc1ccccn1. The zero-order chi connectivity index (χ0) is 23.4. The lowest BCUT2D eigenvalue weighted by Gasteiger charge is -2.10. The smallest absolute Gasteiger partial charge is 0.220 e. The monoisotopic (exact) mass is 471 g/mol. The fourth-order valence-electron chi connectivity index (χ4n) is 3.64. The van der Waals surface area contributed by atoms with E-state index in [1.54, 1.807) is 18.0 Å². The van der Waals surface area contributed by atoms with Crippen LogP contribution in [-0.2, 0) is 17.6 Å². The van der Waals surface area contributed by atoms with Crippen LogP contribution in [0.25, 0.3) is 5.69 Å². The van der Waals surface area contributed by atoms with Crippen molar-refractivity contribution in [2.24, 2.45) is 0 Å². The van der Waals surface area contributed by atoms with Crippen LogP contribution in [0.3, 0.4) is 0 Å². The van der Waals surface area contributed by atoms with Crippen LogP contribution < -0.4 is 5.32 Å². The molecule has 0 saturated carbocycles. The van der Waals surface area contributed by atoms with Gasteiger partial charge in [-0.1, -0.05) is 66.4 Å². The molecule has 0 bridgehead atoms. The number of hydrogen-bond acceptors (Lipinski definition) is 5. The number of aromatic nitrogens is 4. The van der Waals surface area contributed by atoms with Gasteiger partial charge >= 0.3 is 0 Å². The molecule has 2 aromatic carbocycles. The average Bonchev–Trinajstić information content (AvgIpc) is 3.27. The van der Waals surface area contributed by atoms with Crippen molar-refractivity contribution in [3.05, 3.63) is 102 Å². The van der Waals surface area contributed by atoms with Gasteiger partial charge in [-0.25, -0.2) is 0 Å². The largest absolute Gasteiger partial charge is 0.356 e. The molecule has 174 valence electrons. The molecule has 0 aliphatic rings. The second-order valence-corrected chi connectivity index (χ2v) is 9.02. The van der Waals surface area contributed by atoms with Gasteiger partial charge in [0.15, 0.2) is 5.16 Å². The van der Waals surface area contributed by atoms with E-state index in [0.717, 1.165) is 53.8 Å². The minimum absolute atomic E-state index is 0.0959. The molecular formula is C27H29N5OS. The van der Waals surface area contributed by atoms with Crippen LogP contribution in [0.15, 0.2) is 90.2 Å². The van der Waals surface area contributed by atoms with Crippen molar-refractivity contribution >= 4 is 17.7 Å². The summed E-state index contributed by atoms with van der Waals surface area (Å²) >= 11 is 1.69. The van der Waals surface area contributed by atoms with Gasteiger partial charge in [0, 0.05) is 49.1 Å². The van der Waals surface area contributed by atoms with E-state index in [2.05, 4.69) is 49.3 Å². The van der Waals surface area contributed by atoms with Crippen molar-refractivity contribution in [3.63, 3.8) is 0 Å². The number of amides is 1. The number of nitrogens with zero attached hydrogens (tertiary/aromatic N) is 4. The second-order valence-electron chi connectivity index (χ2n) is 7.96. The van der Waals surface area contributed by atoms with Crippen molar-refractivity contribution in [2.45, 2.75) is 37.3 Å². The van der Waals surface area contributed by atoms with E-state index >= 15 is 0 Å². The van der Waals surface area contributed by atoms with Crippen molar-refractivity contribution in [1.29, 1.82) is 0 Å². The number of hydrogen-bond donors (Lipinski definition) is 1. The summed E-state index contributed by atoms with van der Waals surface area (Å²) < 4.78 is 2.14. The Morgan fingerprint density at radius 3 is 2.41 bits per heavy atom. The molecule has 2 aromatic heterocycles. The van der Waals surface area contributed by atoms with Crippen LogP contribution in [0.4, 0.5) is 0 Å². The Kier molecular flexibility index (Phi) is 8.85. The Hall–Kier alpha value is -3.45. The third-order valence-corrected chi connectivity index (χ3v) is 6.39. The third kappa shape index (κ3) is 7.02. The van der Waals surface area contributed by atoms with Gasteiger partial charge in [0.1, 0.15) is 5.82 Å². The zero-order valence-corrected chi connectivity index (χ0v) is 20.0. The normalized spacial score (nSPS) is 10.8. The number of carbonyl (C=O) groups excluding carboxylic acids is 1. The first-order valence-electron chi connectivity index (χ1n) is 11.6. The Labute approximate surface area is 204 Å². The molecule has 4 rings (SSSR count). The molecule has 0 fully saturated rings. The molecule has 0 saturated heterocycles. The highest BCUT2D eigenvalue weighted by Gasteiger charge is 2.15. The Bertz CT molecular complexity index is 1150. The molecule has 1 amide bonds. The van der Waals surface area contributed by atoms with Crippen LogP contribution in [0.1, 0.15) is 36.3 Å². The van der Waals surface area contributed by atoms with Crippen molar-refractivity contribution in [1.82, 2.24) is 25.1 Å². The molecule has 4 aromatic rings. The van der Waals surface area contributed by atoms with Crippen molar-refractivity contribution in [3.8, 4) is 5.69 Å². The van der Waals surface area contributed by atoms with Gasteiger partial charge in [-0.2, -0.15) is 0 Å². The summed E-state index contributed by atoms with van der Waals surface area (Å²) in [6.45, 7) is 0.620. The maximum atomic E-state index is 12.1. The highest BCUT2D eigenvalue weighted by atomic mass is 32.2. The number of rotatable bonds is 12. The molecule has 2 heterocycles. The highest BCUT2D eigenvalue weighted by molar-refractivity contribution is 7.99. The fourth-order valence-corrected chi connectivity index (χ4v) is 4.61. The lowest BCUT2D eigenvalue weighted by atomic mass is 10.1. The van der Waals surface area contributed by atoms with E-state index < -0.39 is 0 Å². The standard InChI is InChI=1S/C27H29N5OS/c33-26(29-19-17-23-13-7-9-18-28-23)16-8-10-20-34-27-31-30-25(21-22-11-3-1-4-12-22)32(27)24-14-5-2-6-15-24/h1-7,9,11-15,18H,8,10,16-17,19-21H2,(H,29,33). The predicted octanol–water partition coefficient (Wildman–Crippen LogP) is 4.87. The third-order valence-electron chi connectivity index (χ3n) is 5.38. The first-order chi connectivity index (χ1) is 16.8. The quantitative estimate of drug-likeness (QED) is 0.236. The number of carbonyl (C=O) groups is 1. The number of benzene rings is 2. The number of nitrogens with one attached hydrogen (secondary N) is 1. The van der Waals surface area contributed by atoms with E-state index in [-0.39, 0.29) is 5.91 Å². The van der Waals surface area contributed by atoms with Crippen LogP contribution in [0, 0.1) is 0 Å². The van der Waals surface area contributed by atoms with E-state index in [1.807, 2.05) is 54.6 Å². The average molecular weight is 472 g/mol. The van der Waals surface area contributed by atoms with E-state index in [4.69, 9.17) is 0 Å². The number of thioether (sulfide) groups is 1. The lowest BCUT2D eigenvalue weighted by molar-refractivity contribution is -0.121. The zero-order valence-electron chi connectivity index (χ0n) is 19.1. The Morgan fingerprint density at radius 1 is 0.882 bits per heavy atom. The molecule has 1 N–H and O–H groups in total. The molecule has 34 heavy (non-hydrogen) atoms. The molecule has 0 aliphatic heterocycles. The molecule has 0 spiro atoms. The maximum Gasteiger partial charge on any atom is 0.220 e. The van der Waals surface area contributed by atoms with Gasteiger partial charge < -0.3 is 5.32 Å². The van der Waals surface area contributed by atoms with E-state index in [1.165, 1.54) is 5.56 Å². The van der Waals surface area contributed by atoms with Crippen molar-refractivity contribution in [2.75, 3.05) is 12.3 Å². The topological polar surface area (TPSA) is 72.7 Å². The maximum absolute atomic E-state index is 12.1. The summed E-state index contributed by atoms with van der Waals surface area (Å²) in [6.07, 6.45) is 5.57. The highest BCUT2D eigenvalue weighted by Crippen LogP contribution is 2.24. The second kappa shape index (κ2) is 12.7. The molecule has 0 unspecified atom stereocenters. The minimum atomic E-state index is 0.0959. The summed E-state index contributed by atoms with van der Waals surface area (Å²) in [4.78, 5) is 16.4. The van der Waals surface area contributed by atoms with Crippen LogP contribution in [0.5, 0.6) is 0 Å². The van der Waals surface area contributed by atoms with Gasteiger partial charge in [-0.15, -0.1) is 10.2 Å². The molecule has 6 nitrogen and oxygen atoms in total. The molecule has 7 heteroatoms. The van der Waals surface area contributed by atoms with E-state index in [0.29, 0.717) is 13.0 Å². The summed E-state index contributed by atoms with van der Waals surface area (Å²) in [5.74, 6) is 1.91. The molecular weight excluding hydrogens is 442 g/mol. The number of para-hydroxylation sites is 1. The summed E-state index contributed by atoms with van der Waals surface area (Å²) in [6, 6.07) is 26.4. The van der Waals surface area contributed by atoms with E-state index in [9.17, 15) is 4.79 Å². The van der Waals surface area contributed by atoms with Gasteiger partial charge in [-0.3, -0.25) is 14.3 Å². The van der Waals surface area contributed by atoms with Crippen LogP contribution in [0.2, 0.25) is 0 Å². The van der Waals surface area contributed by atoms with Gasteiger partial charge in [-0.05, 0) is 42.7 Å². The predicted molar refractivity (Wildman–Crippen MR) is 136 cm³/mol. The number of unbranched alkanes of at least 4 members (excludes halogenated alkanes) is 1. The van der Waals surface area contributed by atoms with Gasteiger partial charge in [0.05, 0.1) is 0 Å². The molecule has 0 radical (unpaired) electrons. The van der Waals surface area contributed by atoms with Crippen LogP contribution in [-0.4, -0.2) is 38.0 Å². The van der Waals surface area contributed by atoms with Crippen molar-refractivity contribution < 1.29 is 4.79 Å². The first kappa shape index (κ1) is 23.7. The Morgan fingerprint density at radius 2 is 1.65 bits per heavy atom. The van der Waals surface area contributed by atoms with Gasteiger partial charge in [0.25, 0.3) is 0 Å². The number of pyridine rings is 1. The minimum Gasteiger partial charge on any atom is -0.356 e. The summed E-state index contributed by atoms with van der Waals surface area (Å²) in [5.41, 5.74) is 3.26. The molecule has 0 aliphatic carbocycles. The Balaban J connectivity index is 1.26. The lowest BCUT2D eigenvalue weighted by Crippen LogP contribution is -2.25. The molecule has 0 atom stereocenters.